The number of ether oxygens (including phenoxy) is 3. The lowest BCUT2D eigenvalue weighted by Crippen LogP contribution is -2.70. The fourth-order valence-electron chi connectivity index (χ4n) is 2.67. The van der Waals surface area contributed by atoms with E-state index in [0.29, 0.717) is 0 Å². The summed E-state index contributed by atoms with van der Waals surface area (Å²) in [7, 11) is 0. The molecule has 0 aromatic heterocycles. The summed E-state index contributed by atoms with van der Waals surface area (Å²) < 4.78 is 15.2. The van der Waals surface area contributed by atoms with Crippen molar-refractivity contribution in [2.75, 3.05) is 13.2 Å². The van der Waals surface area contributed by atoms with E-state index in [1.165, 1.54) is 0 Å². The van der Waals surface area contributed by atoms with Gasteiger partial charge in [-0.3, -0.25) is 5.73 Å². The van der Waals surface area contributed by atoms with E-state index in [-0.39, 0.29) is 0 Å². The third-order valence-corrected chi connectivity index (χ3v) is 4.11. The molecule has 0 amide bonds. The molecule has 10 N–H and O–H groups in total. The van der Waals surface area contributed by atoms with Gasteiger partial charge < -0.3 is 55.1 Å². The first kappa shape index (κ1) is 19.8. The van der Waals surface area contributed by atoms with Crippen LogP contribution < -0.4 is 5.73 Å². The van der Waals surface area contributed by atoms with Gasteiger partial charge >= 0.3 is 0 Å². The lowest BCUT2D eigenvalue weighted by molar-refractivity contribution is -0.382. The molecule has 0 aromatic rings. The zero-order valence-electron chi connectivity index (χ0n) is 12.5. The van der Waals surface area contributed by atoms with E-state index in [4.69, 9.17) is 25.1 Å². The highest BCUT2D eigenvalue weighted by atomic mass is 16.7. The maximum absolute atomic E-state index is 10.0. The van der Waals surface area contributed by atoms with Gasteiger partial charge in [0.05, 0.1) is 13.2 Å². The zero-order valence-corrected chi connectivity index (χ0v) is 12.5. The Hall–Kier alpha value is -0.480. The molecule has 0 radical (unpaired) electrons. The summed E-state index contributed by atoms with van der Waals surface area (Å²) in [6.07, 6.45) is -14.7. The first-order valence-corrected chi connectivity index (χ1v) is 7.26. The third-order valence-electron chi connectivity index (χ3n) is 4.11. The maximum atomic E-state index is 10.0. The smallest absolute Gasteiger partial charge is 0.252 e. The van der Waals surface area contributed by atoms with Crippen LogP contribution in [0.3, 0.4) is 0 Å². The number of rotatable bonds is 4. The van der Waals surface area contributed by atoms with Crippen LogP contribution >= 0.6 is 0 Å². The normalized spacial score (nSPS) is 53.1. The van der Waals surface area contributed by atoms with Gasteiger partial charge in [0.25, 0.3) is 5.91 Å². The van der Waals surface area contributed by atoms with Crippen LogP contribution in [0.25, 0.3) is 0 Å². The molecule has 2 heterocycles. The minimum absolute atomic E-state index is 0.691. The van der Waals surface area contributed by atoms with E-state index in [2.05, 4.69) is 0 Å². The molecular formula is C12H23NO11. The van der Waals surface area contributed by atoms with Crippen LogP contribution in [0.4, 0.5) is 0 Å². The van der Waals surface area contributed by atoms with E-state index in [1.807, 2.05) is 0 Å². The number of hydrogen-bond donors (Lipinski definition) is 9. The molecule has 12 nitrogen and oxygen atoms in total. The Labute approximate surface area is 136 Å². The highest BCUT2D eigenvalue weighted by Gasteiger charge is 2.54. The molecule has 2 fully saturated rings. The minimum Gasteiger partial charge on any atom is -0.394 e. The molecule has 2 saturated heterocycles. The van der Waals surface area contributed by atoms with Crippen LogP contribution in [0, 0.1) is 0 Å². The first-order chi connectivity index (χ1) is 11.1. The summed E-state index contributed by atoms with van der Waals surface area (Å²) in [6, 6.07) is 0. The second-order valence-electron chi connectivity index (χ2n) is 5.82. The van der Waals surface area contributed by atoms with E-state index in [0.717, 1.165) is 0 Å². The summed E-state index contributed by atoms with van der Waals surface area (Å²) >= 11 is 0. The van der Waals surface area contributed by atoms with Crippen molar-refractivity contribution >= 4 is 0 Å². The van der Waals surface area contributed by atoms with E-state index < -0.39 is 74.2 Å². The largest absolute Gasteiger partial charge is 0.394 e. The van der Waals surface area contributed by atoms with Crippen LogP contribution in [-0.2, 0) is 14.2 Å². The number of nitrogens with two attached hydrogens (primary N) is 1. The highest BCUT2D eigenvalue weighted by molar-refractivity contribution is 4.96. The van der Waals surface area contributed by atoms with Gasteiger partial charge in [0.2, 0.25) is 0 Å². The van der Waals surface area contributed by atoms with E-state index in [9.17, 15) is 35.7 Å². The fourth-order valence-corrected chi connectivity index (χ4v) is 2.67. The number of aliphatic hydroxyl groups is 8. The molecule has 2 aliphatic rings. The monoisotopic (exact) mass is 357 g/mol. The first-order valence-electron chi connectivity index (χ1n) is 7.26. The standard InChI is InChI=1S/C12H23NO11/c13-12(21)10(20)8(19)9(4(2-15)24-12)23-11-7(18)6(17)5(16)3(1-14)22-11/h3-11,14-21H,1-2,13H2/t3-,4-,5?,6?,7?,8+,9-,10+,11?,12?/m1/s1. The van der Waals surface area contributed by atoms with Crippen molar-refractivity contribution in [3.8, 4) is 0 Å². The van der Waals surface area contributed by atoms with E-state index >= 15 is 0 Å². The predicted molar refractivity (Wildman–Crippen MR) is 71.7 cm³/mol. The second-order valence-corrected chi connectivity index (χ2v) is 5.82. The molecule has 24 heavy (non-hydrogen) atoms. The van der Waals surface area contributed by atoms with Crippen LogP contribution in [0.2, 0.25) is 0 Å². The van der Waals surface area contributed by atoms with Crippen LogP contribution in [0.15, 0.2) is 0 Å². The van der Waals surface area contributed by atoms with Crippen molar-refractivity contribution < 1.29 is 55.1 Å². The van der Waals surface area contributed by atoms with Gasteiger partial charge in [-0.2, -0.15) is 0 Å². The van der Waals surface area contributed by atoms with Gasteiger partial charge in [-0.1, -0.05) is 0 Å². The Kier molecular flexibility index (Phi) is 6.12. The van der Waals surface area contributed by atoms with Gasteiger partial charge in [0.1, 0.15) is 42.7 Å². The van der Waals surface area contributed by atoms with Crippen LogP contribution in [0.1, 0.15) is 0 Å². The van der Waals surface area contributed by atoms with Crippen molar-refractivity contribution in [1.82, 2.24) is 0 Å². The van der Waals surface area contributed by atoms with Crippen molar-refractivity contribution in [1.29, 1.82) is 0 Å². The molecule has 0 aromatic carbocycles. The summed E-state index contributed by atoms with van der Waals surface area (Å²) in [5.74, 6) is -2.64. The van der Waals surface area contributed by atoms with Crippen molar-refractivity contribution in [2.45, 2.75) is 61.0 Å². The van der Waals surface area contributed by atoms with Crippen molar-refractivity contribution in [3.63, 3.8) is 0 Å². The Morgan fingerprint density at radius 1 is 0.875 bits per heavy atom. The third kappa shape index (κ3) is 3.55. The average Bonchev–Trinajstić information content (AvgIpc) is 2.55. The Bertz CT molecular complexity index is 420. The van der Waals surface area contributed by atoms with Crippen molar-refractivity contribution in [2.24, 2.45) is 5.73 Å². The minimum atomic E-state index is -2.64. The summed E-state index contributed by atoms with van der Waals surface area (Å²) in [6.45, 7) is -1.46. The molecule has 5 unspecified atom stereocenters. The Morgan fingerprint density at radius 2 is 1.46 bits per heavy atom. The lowest BCUT2D eigenvalue weighted by atomic mass is 9.95. The zero-order chi connectivity index (χ0) is 18.2. The van der Waals surface area contributed by atoms with Gasteiger partial charge in [0.15, 0.2) is 12.4 Å². The Balaban J connectivity index is 2.15. The van der Waals surface area contributed by atoms with Crippen LogP contribution in [0.5, 0.6) is 0 Å². The molecule has 2 aliphatic heterocycles. The SMILES string of the molecule is NC1(O)O[C@H](CO)[C@@H](OC2O[C@H](CO)C(O)C(O)C2O)[C@H](O)[C@@H]1O. The van der Waals surface area contributed by atoms with Crippen LogP contribution in [-0.4, -0.2) is 115 Å². The van der Waals surface area contributed by atoms with E-state index in [1.54, 1.807) is 0 Å². The number of hydrogen-bond acceptors (Lipinski definition) is 12. The molecule has 12 heteroatoms. The molecule has 0 saturated carbocycles. The molecule has 0 bridgehead atoms. The Morgan fingerprint density at radius 3 is 2.00 bits per heavy atom. The van der Waals surface area contributed by atoms with Gasteiger partial charge in [-0.25, -0.2) is 0 Å². The molecule has 0 aliphatic carbocycles. The quantitative estimate of drug-likeness (QED) is 0.215. The second kappa shape index (κ2) is 7.41. The fraction of sp³-hybridized carbons (Fsp3) is 1.00. The molecular weight excluding hydrogens is 334 g/mol. The average molecular weight is 357 g/mol. The predicted octanol–water partition coefficient (Wildman–Crippen LogP) is -6.11. The topological polar surface area (TPSA) is 216 Å². The van der Waals surface area contributed by atoms with Crippen molar-refractivity contribution in [3.05, 3.63) is 0 Å². The summed E-state index contributed by atoms with van der Waals surface area (Å²) in [5, 5.41) is 77.1. The molecule has 10 atom stereocenters. The number of aliphatic hydroxyl groups excluding tert-OH is 7. The highest BCUT2D eigenvalue weighted by Crippen LogP contribution is 2.30. The molecule has 142 valence electrons. The van der Waals surface area contributed by atoms with Gasteiger partial charge in [-0.05, 0) is 0 Å². The summed E-state index contributed by atoms with van der Waals surface area (Å²) in [4.78, 5) is 0. The summed E-state index contributed by atoms with van der Waals surface area (Å²) in [5.41, 5.74) is 5.25. The van der Waals surface area contributed by atoms with Gasteiger partial charge in [0, 0.05) is 0 Å². The molecule has 0 spiro atoms. The molecule has 2 rings (SSSR count). The van der Waals surface area contributed by atoms with Gasteiger partial charge in [-0.15, -0.1) is 0 Å². The lowest BCUT2D eigenvalue weighted by Gasteiger charge is -2.47. The maximum Gasteiger partial charge on any atom is 0.252 e.